The first-order valence-electron chi connectivity index (χ1n) is 3.41. The topological polar surface area (TPSA) is 118 Å². The molecule has 0 aliphatic heterocycles. The third-order valence-electron chi connectivity index (χ3n) is 1.93. The summed E-state index contributed by atoms with van der Waals surface area (Å²) >= 11 is 0. The number of carbonyl (C=O) groups is 1. The zero-order chi connectivity index (χ0) is 9.46. The molecule has 1 aliphatic carbocycles. The van der Waals surface area contributed by atoms with E-state index < -0.39 is 36.3 Å². The van der Waals surface area contributed by atoms with Crippen molar-refractivity contribution in [2.24, 2.45) is 0 Å². The molecule has 1 aliphatic rings. The van der Waals surface area contributed by atoms with Crippen LogP contribution >= 0.6 is 0 Å². The molecule has 1 rings (SSSR count). The van der Waals surface area contributed by atoms with Crippen molar-refractivity contribution < 1.29 is 30.3 Å². The molecule has 12 heavy (non-hydrogen) atoms. The quantitative estimate of drug-likeness (QED) is 0.261. The van der Waals surface area contributed by atoms with Gasteiger partial charge in [0.05, 0.1) is 0 Å². The highest BCUT2D eigenvalue weighted by molar-refractivity contribution is 5.89. The van der Waals surface area contributed by atoms with Crippen LogP contribution in [-0.4, -0.2) is 61.8 Å². The fourth-order valence-electron chi connectivity index (χ4n) is 1.09. The Balaban J connectivity index is 2.83. The molecule has 0 amide bonds. The smallest absolute Gasteiger partial charge is 0.195 e. The van der Waals surface area contributed by atoms with Crippen LogP contribution in [0.3, 0.4) is 0 Å². The summed E-state index contributed by atoms with van der Waals surface area (Å²) in [5, 5.41) is 44.5. The van der Waals surface area contributed by atoms with Crippen LogP contribution in [0.2, 0.25) is 0 Å². The van der Waals surface area contributed by atoms with Gasteiger partial charge in [-0.15, -0.1) is 0 Å². The summed E-state index contributed by atoms with van der Waals surface area (Å²) in [4.78, 5) is 10.8. The molecule has 1 saturated carbocycles. The summed E-state index contributed by atoms with van der Waals surface area (Å²) in [6.45, 7) is 0. The highest BCUT2D eigenvalue weighted by Gasteiger charge is 2.47. The maximum absolute atomic E-state index is 10.8. The van der Waals surface area contributed by atoms with Gasteiger partial charge < -0.3 is 25.5 Å². The van der Waals surface area contributed by atoms with Crippen LogP contribution in [0, 0.1) is 0 Å². The molecule has 70 valence electrons. The summed E-state index contributed by atoms with van der Waals surface area (Å²) in [6.07, 6.45) is -8.85. The van der Waals surface area contributed by atoms with Gasteiger partial charge >= 0.3 is 0 Å². The van der Waals surface area contributed by atoms with E-state index in [1.807, 2.05) is 0 Å². The number of Topliss-reactive ketones (excluding diaryl/α,β-unsaturated/α-hetero) is 1. The molecule has 0 aromatic heterocycles. The zero-order valence-electron chi connectivity index (χ0n) is 6.03. The molecule has 0 aromatic rings. The lowest BCUT2D eigenvalue weighted by atomic mass is 9.86. The highest BCUT2D eigenvalue weighted by Crippen LogP contribution is 2.17. The Morgan fingerprint density at radius 2 is 1.08 bits per heavy atom. The summed E-state index contributed by atoms with van der Waals surface area (Å²) in [5.41, 5.74) is 0. The van der Waals surface area contributed by atoms with Crippen molar-refractivity contribution in [3.8, 4) is 0 Å². The third kappa shape index (κ3) is 1.23. The summed E-state index contributed by atoms with van der Waals surface area (Å²) in [5.74, 6) is -1.08. The predicted molar refractivity (Wildman–Crippen MR) is 35.0 cm³/mol. The number of aliphatic hydroxyl groups is 5. The average molecular weight is 178 g/mol. The number of aliphatic hydroxyl groups excluding tert-OH is 5. The van der Waals surface area contributed by atoms with Crippen molar-refractivity contribution in [3.63, 3.8) is 0 Å². The molecule has 0 radical (unpaired) electrons. The maximum Gasteiger partial charge on any atom is 0.195 e. The standard InChI is InChI=1S/C6H10O6/c7-1-2(8)4(10)6(12)5(11)3(1)9/h1-5,7-11H/t1-,2-,3-,4+,5-/m0/s1. The number of hydrogen-bond acceptors (Lipinski definition) is 6. The van der Waals surface area contributed by atoms with Crippen LogP contribution in [-0.2, 0) is 4.79 Å². The average Bonchev–Trinajstić information content (AvgIpc) is 2.08. The lowest BCUT2D eigenvalue weighted by Gasteiger charge is -2.34. The second-order valence-electron chi connectivity index (χ2n) is 2.76. The van der Waals surface area contributed by atoms with E-state index in [9.17, 15) is 4.79 Å². The number of ketones is 1. The van der Waals surface area contributed by atoms with Gasteiger partial charge in [0.1, 0.15) is 30.5 Å². The molecule has 0 heterocycles. The largest absolute Gasteiger partial charge is 0.387 e. The normalized spacial score (nSPS) is 49.4. The Kier molecular flexibility index (Phi) is 2.45. The molecule has 0 unspecified atom stereocenters. The lowest BCUT2D eigenvalue weighted by Crippen LogP contribution is -2.61. The van der Waals surface area contributed by atoms with Crippen molar-refractivity contribution in [1.29, 1.82) is 0 Å². The second-order valence-corrected chi connectivity index (χ2v) is 2.76. The minimum atomic E-state index is -1.83. The Morgan fingerprint density at radius 3 is 1.42 bits per heavy atom. The third-order valence-corrected chi connectivity index (χ3v) is 1.93. The molecule has 6 nitrogen and oxygen atoms in total. The Labute approximate surface area is 67.7 Å². The Morgan fingerprint density at radius 1 is 0.750 bits per heavy atom. The van der Waals surface area contributed by atoms with Crippen molar-refractivity contribution in [2.75, 3.05) is 0 Å². The van der Waals surface area contributed by atoms with Crippen LogP contribution in [0.25, 0.3) is 0 Å². The first-order valence-corrected chi connectivity index (χ1v) is 3.41. The summed E-state index contributed by atoms with van der Waals surface area (Å²) in [6, 6.07) is 0. The number of hydrogen-bond donors (Lipinski definition) is 5. The van der Waals surface area contributed by atoms with Crippen LogP contribution in [0.5, 0.6) is 0 Å². The molecular formula is C6H10O6. The molecule has 6 heteroatoms. The molecular weight excluding hydrogens is 168 g/mol. The number of rotatable bonds is 0. The van der Waals surface area contributed by atoms with Gasteiger partial charge in [0.2, 0.25) is 0 Å². The van der Waals surface area contributed by atoms with Crippen molar-refractivity contribution >= 4 is 5.78 Å². The van der Waals surface area contributed by atoms with Gasteiger partial charge in [0, 0.05) is 0 Å². The van der Waals surface area contributed by atoms with Gasteiger partial charge in [-0.3, -0.25) is 4.79 Å². The van der Waals surface area contributed by atoms with Crippen molar-refractivity contribution in [3.05, 3.63) is 0 Å². The fraction of sp³-hybridized carbons (Fsp3) is 0.833. The van der Waals surface area contributed by atoms with E-state index in [0.29, 0.717) is 0 Å². The van der Waals surface area contributed by atoms with E-state index >= 15 is 0 Å². The van der Waals surface area contributed by atoms with Gasteiger partial charge in [-0.1, -0.05) is 0 Å². The van der Waals surface area contributed by atoms with Crippen LogP contribution < -0.4 is 0 Å². The minimum absolute atomic E-state index is 1.08. The first-order chi connectivity index (χ1) is 5.46. The second kappa shape index (κ2) is 3.08. The van der Waals surface area contributed by atoms with Crippen molar-refractivity contribution in [1.82, 2.24) is 0 Å². The monoisotopic (exact) mass is 178 g/mol. The van der Waals surface area contributed by atoms with E-state index in [1.165, 1.54) is 0 Å². The highest BCUT2D eigenvalue weighted by atomic mass is 16.4. The molecule has 0 spiro atoms. The summed E-state index contributed by atoms with van der Waals surface area (Å²) < 4.78 is 0. The molecule has 0 aromatic carbocycles. The first kappa shape index (κ1) is 9.56. The Hall–Kier alpha value is -0.530. The molecule has 5 atom stereocenters. The van der Waals surface area contributed by atoms with Gasteiger partial charge in [-0.2, -0.15) is 0 Å². The van der Waals surface area contributed by atoms with Crippen LogP contribution in [0.4, 0.5) is 0 Å². The maximum atomic E-state index is 10.8. The van der Waals surface area contributed by atoms with E-state index in [0.717, 1.165) is 0 Å². The van der Waals surface area contributed by atoms with Gasteiger partial charge in [0.25, 0.3) is 0 Å². The van der Waals surface area contributed by atoms with Crippen molar-refractivity contribution in [2.45, 2.75) is 30.5 Å². The molecule has 0 bridgehead atoms. The Bertz CT molecular complexity index is 174. The van der Waals surface area contributed by atoms with Gasteiger partial charge in [-0.25, -0.2) is 0 Å². The minimum Gasteiger partial charge on any atom is -0.387 e. The van der Waals surface area contributed by atoms with E-state index in [2.05, 4.69) is 0 Å². The zero-order valence-corrected chi connectivity index (χ0v) is 6.03. The van der Waals surface area contributed by atoms with Crippen LogP contribution in [0.15, 0.2) is 0 Å². The van der Waals surface area contributed by atoms with E-state index in [4.69, 9.17) is 25.5 Å². The van der Waals surface area contributed by atoms with Gasteiger partial charge in [-0.05, 0) is 0 Å². The molecule has 1 fully saturated rings. The number of carbonyl (C=O) groups excluding carboxylic acids is 1. The molecule has 5 N–H and O–H groups in total. The SMILES string of the molecule is O=C1[C@@H](O)[C@@H](O)[C@@H](O)[C@H](O)[C@H]1O. The van der Waals surface area contributed by atoms with Gasteiger partial charge in [0.15, 0.2) is 5.78 Å². The molecule has 0 saturated heterocycles. The fourth-order valence-corrected chi connectivity index (χ4v) is 1.09. The lowest BCUT2D eigenvalue weighted by molar-refractivity contribution is -0.185. The van der Waals surface area contributed by atoms with Crippen LogP contribution in [0.1, 0.15) is 0 Å². The predicted octanol–water partition coefficient (Wildman–Crippen LogP) is -3.63. The van der Waals surface area contributed by atoms with E-state index in [1.54, 1.807) is 0 Å². The van der Waals surface area contributed by atoms with E-state index in [-0.39, 0.29) is 0 Å². The summed E-state index contributed by atoms with van der Waals surface area (Å²) in [7, 11) is 0.